The molecule has 3 nitrogen and oxygen atoms in total. The Kier molecular flexibility index (Phi) is 5.45. The van der Waals surface area contributed by atoms with Gasteiger partial charge in [-0.05, 0) is 37.6 Å². The predicted molar refractivity (Wildman–Crippen MR) is 76.8 cm³/mol. The van der Waals surface area contributed by atoms with E-state index >= 15 is 0 Å². The molecular formula is C13H18Cl2N2O. The molecule has 0 unspecified atom stereocenters. The summed E-state index contributed by atoms with van der Waals surface area (Å²) in [4.78, 5) is 14.3. The Morgan fingerprint density at radius 1 is 1.50 bits per heavy atom. The van der Waals surface area contributed by atoms with Crippen LogP contribution >= 0.6 is 24.0 Å². The first kappa shape index (κ1) is 15.3. The number of hydrogen-bond acceptors (Lipinski definition) is 2. The van der Waals surface area contributed by atoms with E-state index in [1.165, 1.54) is 0 Å². The van der Waals surface area contributed by atoms with Crippen molar-refractivity contribution in [3.63, 3.8) is 0 Å². The van der Waals surface area contributed by atoms with E-state index in [4.69, 9.17) is 11.6 Å². The van der Waals surface area contributed by atoms with Crippen molar-refractivity contribution in [3.05, 3.63) is 34.3 Å². The lowest BCUT2D eigenvalue weighted by atomic mass is 10.1. The summed E-state index contributed by atoms with van der Waals surface area (Å²) in [7, 11) is 0. The van der Waals surface area contributed by atoms with E-state index in [1.54, 1.807) is 6.07 Å². The van der Waals surface area contributed by atoms with Gasteiger partial charge in [-0.2, -0.15) is 0 Å². The average molecular weight is 289 g/mol. The van der Waals surface area contributed by atoms with Crippen molar-refractivity contribution < 1.29 is 4.79 Å². The molecule has 1 saturated heterocycles. The molecule has 1 aromatic carbocycles. The maximum Gasteiger partial charge on any atom is 0.254 e. The summed E-state index contributed by atoms with van der Waals surface area (Å²) < 4.78 is 0. The van der Waals surface area contributed by atoms with E-state index in [9.17, 15) is 4.79 Å². The van der Waals surface area contributed by atoms with Crippen LogP contribution in [0.1, 0.15) is 22.8 Å². The third-order valence-electron chi connectivity index (χ3n) is 3.18. The van der Waals surface area contributed by atoms with Gasteiger partial charge >= 0.3 is 0 Å². The molecule has 1 aliphatic rings. The number of nitrogens with zero attached hydrogens (tertiary/aromatic N) is 1. The lowest BCUT2D eigenvalue weighted by molar-refractivity contribution is 0.0655. The number of nitrogens with one attached hydrogen (secondary N) is 1. The maximum absolute atomic E-state index is 12.4. The highest BCUT2D eigenvalue weighted by Crippen LogP contribution is 2.18. The van der Waals surface area contributed by atoms with Crippen molar-refractivity contribution in [1.29, 1.82) is 0 Å². The number of aryl methyl sites for hydroxylation is 1. The lowest BCUT2D eigenvalue weighted by Gasteiger charge is -2.34. The summed E-state index contributed by atoms with van der Waals surface area (Å²) in [6, 6.07) is 5.66. The first-order valence-corrected chi connectivity index (χ1v) is 6.25. The largest absolute Gasteiger partial charge is 0.333 e. The Bertz CT molecular complexity index is 437. The quantitative estimate of drug-likeness (QED) is 0.861. The van der Waals surface area contributed by atoms with Crippen LogP contribution in [-0.2, 0) is 0 Å². The number of piperazine rings is 1. The fourth-order valence-corrected chi connectivity index (χ4v) is 2.39. The monoisotopic (exact) mass is 288 g/mol. The summed E-state index contributed by atoms with van der Waals surface area (Å²) in [6.07, 6.45) is 0. The van der Waals surface area contributed by atoms with Crippen molar-refractivity contribution in [2.24, 2.45) is 0 Å². The van der Waals surface area contributed by atoms with Gasteiger partial charge in [0.15, 0.2) is 0 Å². The number of carbonyl (C=O) groups excluding carboxylic acids is 1. The molecule has 18 heavy (non-hydrogen) atoms. The third-order valence-corrected chi connectivity index (χ3v) is 3.42. The molecule has 0 aromatic heterocycles. The normalized spacial score (nSPS) is 19.3. The molecule has 2 rings (SSSR count). The van der Waals surface area contributed by atoms with Crippen LogP contribution in [0.25, 0.3) is 0 Å². The van der Waals surface area contributed by atoms with Crippen LogP contribution in [-0.4, -0.2) is 36.5 Å². The van der Waals surface area contributed by atoms with Crippen molar-refractivity contribution in [3.8, 4) is 0 Å². The van der Waals surface area contributed by atoms with Crippen molar-refractivity contribution >= 4 is 29.9 Å². The molecule has 0 spiro atoms. The molecule has 1 amide bonds. The standard InChI is InChI=1S/C13H17ClN2O.ClH/c1-9-7-11(14)3-4-12(9)13(17)16-6-5-15-8-10(16)2;/h3-4,7,10,15H,5-6,8H2,1-2H3;1H/t10-;/m0./s1. The van der Waals surface area contributed by atoms with Crippen LogP contribution in [0.5, 0.6) is 0 Å². The molecule has 0 aliphatic carbocycles. The molecule has 0 bridgehead atoms. The number of rotatable bonds is 1. The average Bonchev–Trinajstić information content (AvgIpc) is 2.29. The van der Waals surface area contributed by atoms with Gasteiger partial charge in [-0.1, -0.05) is 11.6 Å². The summed E-state index contributed by atoms with van der Waals surface area (Å²) in [5, 5.41) is 3.95. The Balaban J connectivity index is 0.00000162. The SMILES string of the molecule is Cc1cc(Cl)ccc1C(=O)N1CCNC[C@@H]1C.Cl. The van der Waals surface area contributed by atoms with Gasteiger partial charge in [-0.3, -0.25) is 4.79 Å². The van der Waals surface area contributed by atoms with E-state index in [0.29, 0.717) is 5.02 Å². The molecule has 1 fully saturated rings. The molecular weight excluding hydrogens is 271 g/mol. The maximum atomic E-state index is 12.4. The number of carbonyl (C=O) groups is 1. The van der Waals surface area contributed by atoms with Gasteiger partial charge in [-0.15, -0.1) is 12.4 Å². The van der Waals surface area contributed by atoms with Crippen LogP contribution in [0.15, 0.2) is 18.2 Å². The molecule has 1 atom stereocenters. The molecule has 1 N–H and O–H groups in total. The fourth-order valence-electron chi connectivity index (χ4n) is 2.16. The summed E-state index contributed by atoms with van der Waals surface area (Å²) >= 11 is 5.90. The molecule has 1 aromatic rings. The second-order valence-electron chi connectivity index (χ2n) is 4.51. The van der Waals surface area contributed by atoms with Gasteiger partial charge in [-0.25, -0.2) is 0 Å². The second-order valence-corrected chi connectivity index (χ2v) is 4.95. The minimum Gasteiger partial charge on any atom is -0.333 e. The Hall–Kier alpha value is -0.770. The third kappa shape index (κ3) is 3.16. The van der Waals surface area contributed by atoms with Gasteiger partial charge in [0.05, 0.1) is 0 Å². The molecule has 0 radical (unpaired) electrons. The number of benzene rings is 1. The molecule has 0 saturated carbocycles. The number of hydrogen-bond donors (Lipinski definition) is 1. The van der Waals surface area contributed by atoms with E-state index in [-0.39, 0.29) is 24.4 Å². The van der Waals surface area contributed by atoms with Crippen LogP contribution < -0.4 is 5.32 Å². The minimum absolute atomic E-state index is 0. The van der Waals surface area contributed by atoms with Crippen molar-refractivity contribution in [1.82, 2.24) is 10.2 Å². The first-order valence-electron chi connectivity index (χ1n) is 5.87. The van der Waals surface area contributed by atoms with E-state index < -0.39 is 0 Å². The van der Waals surface area contributed by atoms with Gasteiger partial charge in [0.1, 0.15) is 0 Å². The van der Waals surface area contributed by atoms with E-state index in [0.717, 1.165) is 30.8 Å². The van der Waals surface area contributed by atoms with Crippen LogP contribution in [0.4, 0.5) is 0 Å². The highest BCUT2D eigenvalue weighted by atomic mass is 35.5. The Morgan fingerprint density at radius 3 is 2.83 bits per heavy atom. The summed E-state index contributed by atoms with van der Waals surface area (Å²) in [5.41, 5.74) is 1.69. The molecule has 100 valence electrons. The second kappa shape index (κ2) is 6.41. The van der Waals surface area contributed by atoms with Crippen molar-refractivity contribution in [2.45, 2.75) is 19.9 Å². The fraction of sp³-hybridized carbons (Fsp3) is 0.462. The Morgan fingerprint density at radius 2 is 2.22 bits per heavy atom. The first-order chi connectivity index (χ1) is 8.09. The molecule has 5 heteroatoms. The minimum atomic E-state index is 0. The van der Waals surface area contributed by atoms with E-state index in [2.05, 4.69) is 12.2 Å². The highest BCUT2D eigenvalue weighted by Gasteiger charge is 2.24. The van der Waals surface area contributed by atoms with Crippen LogP contribution in [0, 0.1) is 6.92 Å². The highest BCUT2D eigenvalue weighted by molar-refractivity contribution is 6.30. The Labute approximate surface area is 119 Å². The zero-order valence-electron chi connectivity index (χ0n) is 10.6. The zero-order chi connectivity index (χ0) is 12.4. The van der Waals surface area contributed by atoms with E-state index in [1.807, 2.05) is 24.0 Å². The molecule has 1 heterocycles. The van der Waals surface area contributed by atoms with Gasteiger partial charge in [0, 0.05) is 36.3 Å². The smallest absolute Gasteiger partial charge is 0.254 e. The summed E-state index contributed by atoms with van der Waals surface area (Å²) in [5.74, 6) is 0.105. The number of amides is 1. The topological polar surface area (TPSA) is 32.3 Å². The van der Waals surface area contributed by atoms with Gasteiger partial charge in [0.25, 0.3) is 5.91 Å². The zero-order valence-corrected chi connectivity index (χ0v) is 12.1. The van der Waals surface area contributed by atoms with Crippen LogP contribution in [0.3, 0.4) is 0 Å². The number of halogens is 2. The lowest BCUT2D eigenvalue weighted by Crippen LogP contribution is -2.52. The van der Waals surface area contributed by atoms with Crippen molar-refractivity contribution in [2.75, 3.05) is 19.6 Å². The summed E-state index contributed by atoms with van der Waals surface area (Å²) in [6.45, 7) is 6.48. The van der Waals surface area contributed by atoms with Gasteiger partial charge in [0.2, 0.25) is 0 Å². The van der Waals surface area contributed by atoms with Crippen LogP contribution in [0.2, 0.25) is 5.02 Å². The predicted octanol–water partition coefficient (Wildman–Crippen LogP) is 2.50. The molecule has 1 aliphatic heterocycles. The van der Waals surface area contributed by atoms with Gasteiger partial charge < -0.3 is 10.2 Å².